The van der Waals surface area contributed by atoms with Gasteiger partial charge in [0.15, 0.2) is 23.3 Å². The summed E-state index contributed by atoms with van der Waals surface area (Å²) in [6.07, 6.45) is 14.0. The van der Waals surface area contributed by atoms with Crippen molar-refractivity contribution in [3.8, 4) is 50.8 Å². The fourth-order valence-corrected chi connectivity index (χ4v) is 11.2. The molecule has 4 amide bonds. The Morgan fingerprint density at radius 3 is 0.843 bits per heavy atom. The molecule has 21 nitrogen and oxygen atoms in total. The summed E-state index contributed by atoms with van der Waals surface area (Å²) >= 11 is 9.28. The number of phenolic OH excluding ortho intramolecular Hbond substituents is 1. The Morgan fingerprint density at radius 1 is 0.361 bits per heavy atom. The summed E-state index contributed by atoms with van der Waals surface area (Å²) in [6, 6.07) is 57.2. The van der Waals surface area contributed by atoms with E-state index in [0.717, 1.165) is 133 Å². The molecule has 4 aromatic heterocycles. The van der Waals surface area contributed by atoms with Gasteiger partial charge in [-0.3, -0.25) is 19.2 Å². The van der Waals surface area contributed by atoms with Crippen LogP contribution >= 0.6 is 27.5 Å². The molecule has 0 bridgehead atoms. The highest BCUT2D eigenvalue weighted by Gasteiger charge is 2.18. The quantitative estimate of drug-likeness (QED) is 0.0254. The van der Waals surface area contributed by atoms with Gasteiger partial charge in [-0.15, -0.1) is 0 Å². The number of hydrogen-bond donors (Lipinski definition) is 9. The number of rotatable bonds is 24. The standard InChI is InChI=1S/C21H21BrN4O.C21H21ClN4O.C21H21FN4O.C21H22N4O2/c3*1-2-3-18-21(26-20(27)12-14-4-8-16(22)9-5-14)24-13-19(25-18)15-6-10-17(23)11-7-15;1-2-3-18-21(25-20(27)12-14-4-10-17(26)11-5-14)23-13-19(24-18)15-6-8-16(22)9-7-15/h3*4-11,13H,2-3,12,23H2,1H3,(H,24,26,27);4-11,13,26H,2-3,12,22H2,1H3,(H,23,25,27). The zero-order valence-corrected chi connectivity index (χ0v) is 62.7. The summed E-state index contributed by atoms with van der Waals surface area (Å²) in [5.41, 5.74) is 38.9. The summed E-state index contributed by atoms with van der Waals surface area (Å²) in [7, 11) is 0. The molecule has 0 saturated heterocycles. The number of carbonyl (C=O) groups is 4. The number of anilines is 8. The summed E-state index contributed by atoms with van der Waals surface area (Å²) in [5.74, 6) is 1.20. The smallest absolute Gasteiger partial charge is 0.229 e. The molecule has 12 rings (SSSR count). The molecule has 13 N–H and O–H groups in total. The molecule has 4 heterocycles. The predicted octanol–water partition coefficient (Wildman–Crippen LogP) is 16.7. The zero-order chi connectivity index (χ0) is 76.9. The third-order valence-corrected chi connectivity index (χ3v) is 17.1. The highest BCUT2D eigenvalue weighted by molar-refractivity contribution is 9.10. The van der Waals surface area contributed by atoms with Crippen LogP contribution in [-0.4, -0.2) is 68.6 Å². The average molecular weight is 1530 g/mol. The minimum absolute atomic E-state index is 0.107. The molecule has 0 radical (unpaired) electrons. The maximum atomic E-state index is 13.0. The number of hydrogen-bond acceptors (Lipinski definition) is 17. The van der Waals surface area contributed by atoms with E-state index in [1.54, 1.807) is 73.3 Å². The molecule has 8 aromatic carbocycles. The van der Waals surface area contributed by atoms with Crippen LogP contribution in [0.15, 0.2) is 223 Å². The number of aryl methyl sites for hydroxylation is 4. The minimum Gasteiger partial charge on any atom is -0.508 e. The van der Waals surface area contributed by atoms with Crippen LogP contribution < -0.4 is 44.2 Å². The maximum Gasteiger partial charge on any atom is 0.229 e. The van der Waals surface area contributed by atoms with Crippen LogP contribution in [0.25, 0.3) is 45.0 Å². The first-order valence-electron chi connectivity index (χ1n) is 35.3. The number of nitrogens with zero attached hydrogens (tertiary/aromatic N) is 8. The second kappa shape index (κ2) is 40.2. The Balaban J connectivity index is 0.000000166. The number of carbonyl (C=O) groups excluding carboxylic acids is 4. The van der Waals surface area contributed by atoms with Gasteiger partial charge >= 0.3 is 0 Å². The van der Waals surface area contributed by atoms with Crippen LogP contribution in [0.3, 0.4) is 0 Å². The molecule has 108 heavy (non-hydrogen) atoms. The first kappa shape index (κ1) is 79.8. The Bertz CT molecular complexity index is 4330. The van der Waals surface area contributed by atoms with E-state index in [1.807, 2.05) is 140 Å². The van der Waals surface area contributed by atoms with E-state index in [9.17, 15) is 28.7 Å². The Hall–Kier alpha value is -12.3. The van der Waals surface area contributed by atoms with Gasteiger partial charge in [-0.05, 0) is 145 Å². The van der Waals surface area contributed by atoms with E-state index in [4.69, 9.17) is 44.5 Å². The number of nitrogens with two attached hydrogens (primary N) is 4. The lowest BCUT2D eigenvalue weighted by atomic mass is 10.1. The fraction of sp³-hybridized carbons (Fsp3) is 0.190. The monoisotopic (exact) mass is 1530 g/mol. The SMILES string of the molecule is CCCc1nc(-c2ccc(N)cc2)cnc1NC(=O)Cc1ccc(Br)cc1.CCCc1nc(-c2ccc(N)cc2)cnc1NC(=O)Cc1ccc(Cl)cc1.CCCc1nc(-c2ccc(N)cc2)cnc1NC(=O)Cc1ccc(F)cc1.CCCc1nc(-c2ccc(N)cc2)cnc1NC(=O)Cc1ccc(O)cc1. The minimum atomic E-state index is -0.325. The van der Waals surface area contributed by atoms with Gasteiger partial charge in [0.05, 0.1) is 96.0 Å². The molecule has 552 valence electrons. The van der Waals surface area contributed by atoms with E-state index < -0.39 is 0 Å². The van der Waals surface area contributed by atoms with Crippen molar-refractivity contribution in [3.63, 3.8) is 0 Å². The van der Waals surface area contributed by atoms with Crippen molar-refractivity contribution in [2.24, 2.45) is 0 Å². The molecular formula is C84H85BrClFN16O5. The average Bonchev–Trinajstić information content (AvgIpc) is 0.842. The van der Waals surface area contributed by atoms with E-state index in [0.29, 0.717) is 70.3 Å². The van der Waals surface area contributed by atoms with E-state index in [2.05, 4.69) is 87.9 Å². The van der Waals surface area contributed by atoms with Crippen LogP contribution in [0.5, 0.6) is 5.75 Å². The molecule has 24 heteroatoms. The predicted molar refractivity (Wildman–Crippen MR) is 433 cm³/mol. The number of aromatic hydroxyl groups is 1. The highest BCUT2D eigenvalue weighted by atomic mass is 79.9. The largest absolute Gasteiger partial charge is 0.508 e. The third kappa shape index (κ3) is 24.9. The summed E-state index contributed by atoms with van der Waals surface area (Å²) in [6.45, 7) is 8.24. The number of benzene rings is 8. The normalized spacial score (nSPS) is 10.6. The van der Waals surface area contributed by atoms with Crippen LogP contribution in [0.2, 0.25) is 5.02 Å². The second-order valence-electron chi connectivity index (χ2n) is 25.1. The van der Waals surface area contributed by atoms with Crippen molar-refractivity contribution < 1.29 is 28.7 Å². The third-order valence-electron chi connectivity index (χ3n) is 16.3. The summed E-state index contributed by atoms with van der Waals surface area (Å²) in [4.78, 5) is 86.0. The number of amides is 4. The first-order valence-corrected chi connectivity index (χ1v) is 36.4. The lowest BCUT2D eigenvalue weighted by molar-refractivity contribution is -0.116. The Labute approximate surface area is 640 Å². The molecule has 0 aliphatic rings. The van der Waals surface area contributed by atoms with E-state index >= 15 is 0 Å². The zero-order valence-electron chi connectivity index (χ0n) is 60.4. The molecule has 0 aliphatic carbocycles. The van der Waals surface area contributed by atoms with Gasteiger partial charge in [-0.2, -0.15) is 0 Å². The topological polar surface area (TPSA) is 344 Å². The van der Waals surface area contributed by atoms with Gasteiger partial charge in [0.1, 0.15) is 11.6 Å². The van der Waals surface area contributed by atoms with Gasteiger partial charge in [0, 0.05) is 54.5 Å². The second-order valence-corrected chi connectivity index (χ2v) is 26.5. The van der Waals surface area contributed by atoms with E-state index in [1.165, 1.54) is 12.1 Å². The van der Waals surface area contributed by atoms with Gasteiger partial charge in [0.2, 0.25) is 23.6 Å². The number of aromatic nitrogens is 8. The fourth-order valence-electron chi connectivity index (χ4n) is 10.8. The number of halogens is 3. The molecular weight excluding hydrogens is 1450 g/mol. The molecule has 0 atom stereocenters. The number of nitrogen functional groups attached to an aromatic ring is 4. The molecule has 0 spiro atoms. The van der Waals surface area contributed by atoms with Gasteiger partial charge < -0.3 is 49.3 Å². The Morgan fingerprint density at radius 2 is 0.593 bits per heavy atom. The first-order chi connectivity index (χ1) is 52.2. The molecule has 0 saturated carbocycles. The molecule has 0 aliphatic heterocycles. The van der Waals surface area contributed by atoms with Crippen molar-refractivity contribution in [1.82, 2.24) is 39.9 Å². The van der Waals surface area contributed by atoms with Crippen molar-refractivity contribution in [2.75, 3.05) is 44.2 Å². The van der Waals surface area contributed by atoms with Crippen molar-refractivity contribution in [3.05, 3.63) is 279 Å². The molecule has 0 fully saturated rings. The van der Waals surface area contributed by atoms with Crippen LogP contribution in [0, 0.1) is 5.82 Å². The van der Waals surface area contributed by atoms with Crippen LogP contribution in [0.1, 0.15) is 98.4 Å². The maximum absolute atomic E-state index is 13.0. The summed E-state index contributed by atoms with van der Waals surface area (Å²) in [5, 5.41) is 21.4. The number of phenols is 1. The summed E-state index contributed by atoms with van der Waals surface area (Å²) < 4.78 is 14.0. The highest BCUT2D eigenvalue weighted by Crippen LogP contribution is 2.28. The lowest BCUT2D eigenvalue weighted by Gasteiger charge is -2.11. The number of nitrogens with one attached hydrogen (secondary N) is 4. The van der Waals surface area contributed by atoms with Crippen LogP contribution in [-0.2, 0) is 70.5 Å². The van der Waals surface area contributed by atoms with Crippen molar-refractivity contribution >= 4 is 97.2 Å². The van der Waals surface area contributed by atoms with Crippen molar-refractivity contribution in [1.29, 1.82) is 0 Å². The van der Waals surface area contributed by atoms with Gasteiger partial charge in [-0.25, -0.2) is 44.3 Å². The van der Waals surface area contributed by atoms with Gasteiger partial charge in [-0.1, -0.05) is 178 Å². The van der Waals surface area contributed by atoms with Gasteiger partial charge in [0.25, 0.3) is 0 Å². The van der Waals surface area contributed by atoms with E-state index in [-0.39, 0.29) is 54.5 Å². The molecule has 12 aromatic rings. The Kier molecular flexibility index (Phi) is 29.7. The van der Waals surface area contributed by atoms with Crippen LogP contribution in [0.4, 0.5) is 50.4 Å². The lowest BCUT2D eigenvalue weighted by Crippen LogP contribution is -2.17. The molecule has 0 unspecified atom stereocenters. The van der Waals surface area contributed by atoms with Crippen molar-refractivity contribution in [2.45, 2.75) is 105 Å².